The number of hydrogen-bond acceptors (Lipinski definition) is 2. The van der Waals surface area contributed by atoms with Gasteiger partial charge >= 0.3 is 6.18 Å². The zero-order chi connectivity index (χ0) is 13.6. The van der Waals surface area contributed by atoms with Crippen molar-refractivity contribution in [3.63, 3.8) is 0 Å². The SMILES string of the molecule is CC(Cc1ccncc1)NC(=O)CCC(F)(F)F. The average Bonchev–Trinajstić information content (AvgIpc) is 2.26. The van der Waals surface area contributed by atoms with Gasteiger partial charge in [0.2, 0.25) is 5.91 Å². The van der Waals surface area contributed by atoms with Gasteiger partial charge in [0.05, 0.1) is 6.42 Å². The van der Waals surface area contributed by atoms with Gasteiger partial charge in [-0.05, 0) is 31.0 Å². The number of amides is 1. The molecule has 1 heterocycles. The molecule has 3 nitrogen and oxygen atoms in total. The molecule has 1 aromatic rings. The molecule has 1 rings (SSSR count). The standard InChI is InChI=1S/C12H15F3N2O/c1-9(8-10-3-6-16-7-4-10)17-11(18)2-5-12(13,14)15/h3-4,6-7,9H,2,5,8H2,1H3,(H,17,18). The van der Waals surface area contributed by atoms with Gasteiger partial charge in [0.25, 0.3) is 0 Å². The van der Waals surface area contributed by atoms with Gasteiger partial charge in [0, 0.05) is 24.9 Å². The van der Waals surface area contributed by atoms with Crippen LogP contribution in [0.2, 0.25) is 0 Å². The minimum Gasteiger partial charge on any atom is -0.353 e. The lowest BCUT2D eigenvalue weighted by Gasteiger charge is -2.14. The molecular formula is C12H15F3N2O. The molecule has 1 amide bonds. The molecule has 18 heavy (non-hydrogen) atoms. The number of carbonyl (C=O) groups is 1. The zero-order valence-electron chi connectivity index (χ0n) is 10.00. The van der Waals surface area contributed by atoms with Crippen LogP contribution in [-0.4, -0.2) is 23.1 Å². The van der Waals surface area contributed by atoms with Gasteiger partial charge < -0.3 is 5.32 Å². The lowest BCUT2D eigenvalue weighted by molar-refractivity contribution is -0.144. The van der Waals surface area contributed by atoms with E-state index in [9.17, 15) is 18.0 Å². The lowest BCUT2D eigenvalue weighted by atomic mass is 10.1. The second kappa shape index (κ2) is 6.37. The molecule has 6 heteroatoms. The van der Waals surface area contributed by atoms with Crippen LogP contribution >= 0.6 is 0 Å². The Morgan fingerprint density at radius 3 is 2.56 bits per heavy atom. The van der Waals surface area contributed by atoms with E-state index in [-0.39, 0.29) is 6.04 Å². The number of pyridine rings is 1. The highest BCUT2D eigenvalue weighted by Crippen LogP contribution is 2.21. The zero-order valence-corrected chi connectivity index (χ0v) is 10.00. The molecule has 0 fully saturated rings. The fourth-order valence-electron chi connectivity index (χ4n) is 1.53. The molecule has 0 radical (unpaired) electrons. The Bertz CT molecular complexity index is 379. The first-order valence-corrected chi connectivity index (χ1v) is 5.62. The number of nitrogens with one attached hydrogen (secondary N) is 1. The summed E-state index contributed by atoms with van der Waals surface area (Å²) in [6, 6.07) is 3.41. The van der Waals surface area contributed by atoms with Crippen LogP contribution in [0.5, 0.6) is 0 Å². The van der Waals surface area contributed by atoms with Crippen molar-refractivity contribution in [2.45, 2.75) is 38.4 Å². The third-order valence-corrected chi connectivity index (χ3v) is 2.33. The number of carbonyl (C=O) groups excluding carboxylic acids is 1. The average molecular weight is 260 g/mol. The molecular weight excluding hydrogens is 245 g/mol. The minimum absolute atomic E-state index is 0.201. The lowest BCUT2D eigenvalue weighted by Crippen LogP contribution is -2.34. The summed E-state index contributed by atoms with van der Waals surface area (Å²) < 4.78 is 35.7. The molecule has 1 unspecified atom stereocenters. The maximum absolute atomic E-state index is 11.9. The van der Waals surface area contributed by atoms with Gasteiger partial charge in [-0.3, -0.25) is 9.78 Å². The summed E-state index contributed by atoms with van der Waals surface area (Å²) in [5.41, 5.74) is 0.980. The van der Waals surface area contributed by atoms with E-state index in [4.69, 9.17) is 0 Å². The normalized spacial score (nSPS) is 13.1. The number of halogens is 3. The molecule has 0 aliphatic carbocycles. The highest BCUT2D eigenvalue weighted by Gasteiger charge is 2.28. The Hall–Kier alpha value is -1.59. The first-order valence-electron chi connectivity index (χ1n) is 5.62. The topological polar surface area (TPSA) is 42.0 Å². The molecule has 1 N–H and O–H groups in total. The number of hydrogen-bond donors (Lipinski definition) is 1. The van der Waals surface area contributed by atoms with E-state index >= 15 is 0 Å². The van der Waals surface area contributed by atoms with Crippen molar-refractivity contribution in [3.8, 4) is 0 Å². The third kappa shape index (κ3) is 6.22. The van der Waals surface area contributed by atoms with Gasteiger partial charge in [-0.15, -0.1) is 0 Å². The first-order chi connectivity index (χ1) is 8.37. The Labute approximate surface area is 103 Å². The largest absolute Gasteiger partial charge is 0.389 e. The van der Waals surface area contributed by atoms with Crippen LogP contribution in [0.15, 0.2) is 24.5 Å². The van der Waals surface area contributed by atoms with Crippen LogP contribution < -0.4 is 5.32 Å². The summed E-state index contributed by atoms with van der Waals surface area (Å²) in [7, 11) is 0. The van der Waals surface area contributed by atoms with Gasteiger partial charge in [-0.25, -0.2) is 0 Å². The second-order valence-corrected chi connectivity index (χ2v) is 4.14. The molecule has 0 aliphatic heterocycles. The predicted molar refractivity (Wildman–Crippen MR) is 60.8 cm³/mol. The van der Waals surface area contributed by atoms with Gasteiger partial charge in [-0.2, -0.15) is 13.2 Å². The van der Waals surface area contributed by atoms with Crippen LogP contribution in [0.3, 0.4) is 0 Å². The molecule has 0 spiro atoms. The second-order valence-electron chi connectivity index (χ2n) is 4.14. The van der Waals surface area contributed by atoms with Crippen molar-refractivity contribution in [2.24, 2.45) is 0 Å². The predicted octanol–water partition coefficient (Wildman–Crippen LogP) is 2.47. The maximum Gasteiger partial charge on any atom is 0.389 e. The van der Waals surface area contributed by atoms with Gasteiger partial charge in [0.15, 0.2) is 0 Å². The van der Waals surface area contributed by atoms with Crippen molar-refractivity contribution in [1.29, 1.82) is 0 Å². The fourth-order valence-corrected chi connectivity index (χ4v) is 1.53. The summed E-state index contributed by atoms with van der Waals surface area (Å²) in [6.07, 6.45) is -2.06. The van der Waals surface area contributed by atoms with Crippen LogP contribution in [-0.2, 0) is 11.2 Å². The van der Waals surface area contributed by atoms with Gasteiger partial charge in [0.1, 0.15) is 0 Å². The molecule has 0 bridgehead atoms. The fraction of sp³-hybridized carbons (Fsp3) is 0.500. The Kier molecular flexibility index (Phi) is 5.12. The van der Waals surface area contributed by atoms with E-state index in [1.807, 2.05) is 0 Å². The van der Waals surface area contributed by atoms with E-state index in [2.05, 4.69) is 10.3 Å². The molecule has 1 atom stereocenters. The molecule has 0 saturated heterocycles. The smallest absolute Gasteiger partial charge is 0.353 e. The Morgan fingerprint density at radius 1 is 1.39 bits per heavy atom. The van der Waals surface area contributed by atoms with Crippen molar-refractivity contribution in [1.82, 2.24) is 10.3 Å². The molecule has 1 aromatic heterocycles. The third-order valence-electron chi connectivity index (χ3n) is 2.33. The monoisotopic (exact) mass is 260 g/mol. The quantitative estimate of drug-likeness (QED) is 0.883. The van der Waals surface area contributed by atoms with Crippen molar-refractivity contribution in [2.75, 3.05) is 0 Å². The van der Waals surface area contributed by atoms with Crippen LogP contribution in [0.25, 0.3) is 0 Å². The van der Waals surface area contributed by atoms with E-state index in [1.165, 1.54) is 0 Å². The molecule has 0 saturated carbocycles. The minimum atomic E-state index is -4.29. The Morgan fingerprint density at radius 2 is 2.00 bits per heavy atom. The molecule has 100 valence electrons. The summed E-state index contributed by atoms with van der Waals surface area (Å²) in [5.74, 6) is -0.575. The van der Waals surface area contributed by atoms with E-state index in [1.54, 1.807) is 31.5 Å². The summed E-state index contributed by atoms with van der Waals surface area (Å²) in [5, 5.41) is 2.54. The molecule has 0 aromatic carbocycles. The number of nitrogens with zero attached hydrogens (tertiary/aromatic N) is 1. The molecule has 0 aliphatic rings. The van der Waals surface area contributed by atoms with E-state index < -0.39 is 24.9 Å². The summed E-state index contributed by atoms with van der Waals surface area (Å²) in [4.78, 5) is 15.1. The van der Waals surface area contributed by atoms with Gasteiger partial charge in [-0.1, -0.05) is 0 Å². The first kappa shape index (κ1) is 14.5. The van der Waals surface area contributed by atoms with Crippen molar-refractivity contribution in [3.05, 3.63) is 30.1 Å². The maximum atomic E-state index is 11.9. The summed E-state index contributed by atoms with van der Waals surface area (Å²) >= 11 is 0. The van der Waals surface area contributed by atoms with E-state index in [0.717, 1.165) is 5.56 Å². The summed E-state index contributed by atoms with van der Waals surface area (Å²) in [6.45, 7) is 1.76. The Balaban J connectivity index is 2.32. The highest BCUT2D eigenvalue weighted by molar-refractivity contribution is 5.76. The number of aromatic nitrogens is 1. The van der Waals surface area contributed by atoms with E-state index in [0.29, 0.717) is 6.42 Å². The number of rotatable bonds is 5. The van der Waals surface area contributed by atoms with Crippen LogP contribution in [0.4, 0.5) is 13.2 Å². The van der Waals surface area contributed by atoms with Crippen molar-refractivity contribution >= 4 is 5.91 Å². The van der Waals surface area contributed by atoms with Crippen molar-refractivity contribution < 1.29 is 18.0 Å². The highest BCUT2D eigenvalue weighted by atomic mass is 19.4. The van der Waals surface area contributed by atoms with Crippen LogP contribution in [0, 0.1) is 0 Å². The number of alkyl halides is 3. The van der Waals surface area contributed by atoms with Crippen LogP contribution in [0.1, 0.15) is 25.3 Å².